The number of hydrogen-bond donors (Lipinski definition) is 0. The van der Waals surface area contributed by atoms with Crippen LogP contribution in [0.25, 0.3) is 0 Å². The molecule has 0 aliphatic carbocycles. The molecule has 0 unspecified atom stereocenters. The molecule has 0 radical (unpaired) electrons. The van der Waals surface area contributed by atoms with E-state index in [0.717, 1.165) is 16.6 Å². The Morgan fingerprint density at radius 3 is 1.70 bits per heavy atom. The molecule has 3 heteroatoms. The Labute approximate surface area is 126 Å². The fourth-order valence-electron chi connectivity index (χ4n) is 3.32. The molecule has 0 N–H and O–H groups in total. The lowest BCUT2D eigenvalue weighted by molar-refractivity contribution is -0.143. The summed E-state index contributed by atoms with van der Waals surface area (Å²) in [5.41, 5.74) is 4.62. The summed E-state index contributed by atoms with van der Waals surface area (Å²) in [5.74, 6) is -0.235. The lowest BCUT2D eigenvalue weighted by Crippen LogP contribution is -2.42. The van der Waals surface area contributed by atoms with Crippen LogP contribution in [0.15, 0.2) is 23.9 Å². The molecule has 1 atom stereocenters. The van der Waals surface area contributed by atoms with Crippen molar-refractivity contribution < 1.29 is 9.53 Å². The molecule has 0 spiro atoms. The summed E-state index contributed by atoms with van der Waals surface area (Å²) in [6, 6.07) is 0. The first-order chi connectivity index (χ1) is 9.14. The summed E-state index contributed by atoms with van der Waals surface area (Å²) < 4.78 is 5.08. The molecule has 20 heavy (non-hydrogen) atoms. The molecule has 0 aliphatic heterocycles. The second-order valence-corrected chi connectivity index (χ2v) is 12.3. The largest absolute Gasteiger partial charge is 0.459 e. The van der Waals surface area contributed by atoms with Gasteiger partial charge >= 0.3 is 5.97 Å². The first-order valence-corrected chi connectivity index (χ1v) is 9.98. The standard InChI is InChI=1S/C17H32O2Si/c1-13(2)20(14(3)4,15(5)6)12-10-9-11-16(7)19-17(8)18/h9-16H,1-8H3/t16-/m1/s1. The van der Waals surface area contributed by atoms with Crippen molar-refractivity contribution in [2.24, 2.45) is 0 Å². The lowest BCUT2D eigenvalue weighted by Gasteiger charge is -2.40. The van der Waals surface area contributed by atoms with E-state index < -0.39 is 8.07 Å². The normalized spacial score (nSPS) is 14.9. The van der Waals surface area contributed by atoms with Gasteiger partial charge in [-0.2, -0.15) is 0 Å². The van der Waals surface area contributed by atoms with Gasteiger partial charge in [0.25, 0.3) is 0 Å². The highest BCUT2D eigenvalue weighted by Gasteiger charge is 2.39. The summed E-state index contributed by atoms with van der Waals surface area (Å²) in [5, 5.41) is 0. The molecule has 0 aromatic heterocycles. The van der Waals surface area contributed by atoms with Crippen molar-refractivity contribution in [3.8, 4) is 0 Å². The molecule has 0 heterocycles. The zero-order valence-electron chi connectivity index (χ0n) is 14.4. The zero-order chi connectivity index (χ0) is 15.9. The van der Waals surface area contributed by atoms with Crippen LogP contribution < -0.4 is 0 Å². The number of carbonyl (C=O) groups excluding carboxylic acids is 1. The minimum absolute atomic E-state index is 0.162. The van der Waals surface area contributed by atoms with Gasteiger partial charge in [-0.15, -0.1) is 0 Å². The molecular formula is C17H32O2Si. The van der Waals surface area contributed by atoms with Gasteiger partial charge < -0.3 is 4.74 Å². The Hall–Kier alpha value is -0.833. The molecular weight excluding hydrogens is 264 g/mol. The maximum absolute atomic E-state index is 10.8. The number of hydrogen-bond acceptors (Lipinski definition) is 2. The maximum Gasteiger partial charge on any atom is 0.303 e. The van der Waals surface area contributed by atoms with Crippen LogP contribution in [0.5, 0.6) is 0 Å². The number of esters is 1. The summed E-state index contributed by atoms with van der Waals surface area (Å²) in [6.45, 7) is 17.4. The zero-order valence-corrected chi connectivity index (χ0v) is 15.4. The van der Waals surface area contributed by atoms with Crippen molar-refractivity contribution in [1.29, 1.82) is 0 Å². The van der Waals surface area contributed by atoms with Gasteiger partial charge in [-0.05, 0) is 29.6 Å². The molecule has 0 aromatic rings. The van der Waals surface area contributed by atoms with Gasteiger partial charge in [-0.1, -0.05) is 59.4 Å². The molecule has 0 fully saturated rings. The van der Waals surface area contributed by atoms with E-state index in [2.05, 4.69) is 53.3 Å². The van der Waals surface area contributed by atoms with Gasteiger partial charge in [0.2, 0.25) is 0 Å². The number of carbonyl (C=O) groups is 1. The van der Waals surface area contributed by atoms with E-state index in [1.54, 1.807) is 0 Å². The van der Waals surface area contributed by atoms with Crippen LogP contribution in [-0.4, -0.2) is 20.1 Å². The van der Waals surface area contributed by atoms with Crippen molar-refractivity contribution in [3.05, 3.63) is 23.9 Å². The van der Waals surface area contributed by atoms with E-state index in [4.69, 9.17) is 4.74 Å². The number of ether oxygens (including phenoxy) is 1. The Kier molecular flexibility index (Phi) is 8.10. The van der Waals surface area contributed by atoms with Gasteiger partial charge in [0.15, 0.2) is 0 Å². The molecule has 0 aliphatic rings. The van der Waals surface area contributed by atoms with Crippen LogP contribution in [0.3, 0.4) is 0 Å². The molecule has 0 amide bonds. The van der Waals surface area contributed by atoms with Crippen molar-refractivity contribution in [1.82, 2.24) is 0 Å². The highest BCUT2D eigenvalue weighted by atomic mass is 28.3. The summed E-state index contributed by atoms with van der Waals surface area (Å²) in [6.07, 6.45) is 5.94. The highest BCUT2D eigenvalue weighted by molar-refractivity contribution is 6.88. The average molecular weight is 297 g/mol. The second-order valence-electron chi connectivity index (χ2n) is 6.52. The van der Waals surface area contributed by atoms with E-state index in [1.807, 2.05) is 19.1 Å². The first-order valence-electron chi connectivity index (χ1n) is 7.67. The van der Waals surface area contributed by atoms with E-state index in [0.29, 0.717) is 0 Å². The first kappa shape index (κ1) is 19.2. The smallest absolute Gasteiger partial charge is 0.303 e. The maximum atomic E-state index is 10.8. The van der Waals surface area contributed by atoms with Gasteiger partial charge in [-0.3, -0.25) is 4.79 Å². The van der Waals surface area contributed by atoms with E-state index >= 15 is 0 Å². The third-order valence-corrected chi connectivity index (χ3v) is 11.0. The number of allylic oxidation sites excluding steroid dienone is 2. The Morgan fingerprint density at radius 1 is 0.900 bits per heavy atom. The summed E-state index contributed by atoms with van der Waals surface area (Å²) >= 11 is 0. The van der Waals surface area contributed by atoms with Crippen LogP contribution in [0.1, 0.15) is 55.4 Å². The second kappa shape index (κ2) is 8.45. The van der Waals surface area contributed by atoms with E-state index in [9.17, 15) is 4.79 Å². The highest BCUT2D eigenvalue weighted by Crippen LogP contribution is 2.42. The Balaban J connectivity index is 4.96. The Bertz CT molecular complexity index is 332. The Morgan fingerprint density at radius 2 is 1.35 bits per heavy atom. The molecule has 2 nitrogen and oxygen atoms in total. The van der Waals surface area contributed by atoms with Crippen molar-refractivity contribution in [2.45, 2.75) is 78.1 Å². The number of rotatable bonds is 7. The molecule has 0 aromatic carbocycles. The van der Waals surface area contributed by atoms with Crippen LogP contribution in [0.4, 0.5) is 0 Å². The van der Waals surface area contributed by atoms with Crippen molar-refractivity contribution >= 4 is 14.0 Å². The lowest BCUT2D eigenvalue weighted by atomic mass is 10.3. The van der Waals surface area contributed by atoms with Crippen molar-refractivity contribution in [3.63, 3.8) is 0 Å². The molecule has 0 saturated carbocycles. The van der Waals surface area contributed by atoms with Gasteiger partial charge in [0.05, 0.1) is 8.07 Å². The minimum atomic E-state index is -1.47. The van der Waals surface area contributed by atoms with Gasteiger partial charge in [0.1, 0.15) is 6.10 Å². The predicted octanol–water partition coefficient (Wildman–Crippen LogP) is 5.27. The quantitative estimate of drug-likeness (QED) is 0.363. The fourth-order valence-corrected chi connectivity index (χ4v) is 8.92. The molecule has 0 saturated heterocycles. The van der Waals surface area contributed by atoms with Crippen LogP contribution in [-0.2, 0) is 9.53 Å². The van der Waals surface area contributed by atoms with E-state index in [1.165, 1.54) is 6.92 Å². The monoisotopic (exact) mass is 296 g/mol. The molecule has 116 valence electrons. The minimum Gasteiger partial charge on any atom is -0.459 e. The molecule has 0 rings (SSSR count). The van der Waals surface area contributed by atoms with Crippen molar-refractivity contribution in [2.75, 3.05) is 0 Å². The summed E-state index contributed by atoms with van der Waals surface area (Å²) in [4.78, 5) is 10.8. The summed E-state index contributed by atoms with van der Waals surface area (Å²) in [7, 11) is -1.47. The van der Waals surface area contributed by atoms with Crippen LogP contribution in [0.2, 0.25) is 16.6 Å². The van der Waals surface area contributed by atoms with Crippen LogP contribution in [0, 0.1) is 0 Å². The third kappa shape index (κ3) is 5.27. The van der Waals surface area contributed by atoms with Gasteiger partial charge in [0, 0.05) is 6.92 Å². The fraction of sp³-hybridized carbons (Fsp3) is 0.706. The van der Waals surface area contributed by atoms with Gasteiger partial charge in [-0.25, -0.2) is 0 Å². The van der Waals surface area contributed by atoms with Crippen LogP contribution >= 0.6 is 0 Å². The third-order valence-electron chi connectivity index (χ3n) is 4.23. The topological polar surface area (TPSA) is 26.3 Å². The van der Waals surface area contributed by atoms with E-state index in [-0.39, 0.29) is 12.1 Å². The predicted molar refractivity (Wildman–Crippen MR) is 90.6 cm³/mol. The SMILES string of the molecule is CC(=O)O[C@H](C)C=CC=C[Si](C(C)C)(C(C)C)C(C)C. The average Bonchev–Trinajstić information content (AvgIpc) is 2.26. The molecule has 0 bridgehead atoms.